The Bertz CT molecular complexity index is 492. The molecule has 0 aliphatic carbocycles. The molecule has 0 aromatic heterocycles. The van der Waals surface area contributed by atoms with Crippen LogP contribution in [-0.4, -0.2) is 37.3 Å². The van der Waals surface area contributed by atoms with Crippen molar-refractivity contribution in [3.05, 3.63) is 30.3 Å². The van der Waals surface area contributed by atoms with Crippen LogP contribution in [0.2, 0.25) is 0 Å². The minimum Gasteiger partial charge on any atom is -0.315 e. The van der Waals surface area contributed by atoms with Gasteiger partial charge in [0.2, 0.25) is 5.91 Å². The SMILES string of the molecule is CC(C)S(=O)(O)(O)CC(=O)N(C)c1ccccc1. The van der Waals surface area contributed by atoms with Gasteiger partial charge >= 0.3 is 0 Å². The number of anilines is 1. The first-order chi connectivity index (χ1) is 8.12. The molecule has 1 aromatic rings. The standard InChI is InChI=1S/C12H19NO4S/c1-10(2)18(15,16,17)9-12(14)13(3)11-7-5-4-6-8-11/h4-8,10H,9H2,1-3H3,(H2,15,16,17). The number of hydrogen-bond acceptors (Lipinski definition) is 2. The van der Waals surface area contributed by atoms with Gasteiger partial charge in [0.15, 0.2) is 0 Å². The highest BCUT2D eigenvalue weighted by Gasteiger charge is 2.38. The van der Waals surface area contributed by atoms with E-state index in [1.54, 1.807) is 30.3 Å². The van der Waals surface area contributed by atoms with E-state index in [0.29, 0.717) is 5.69 Å². The normalized spacial score (nSPS) is 14.0. The summed E-state index contributed by atoms with van der Waals surface area (Å²) in [5, 5.41) is -0.893. The summed E-state index contributed by atoms with van der Waals surface area (Å²) in [5.74, 6) is -1.39. The summed E-state index contributed by atoms with van der Waals surface area (Å²) in [6.45, 7) is 2.81. The molecule has 0 aliphatic rings. The number of rotatable bonds is 4. The summed E-state index contributed by atoms with van der Waals surface area (Å²) in [7, 11) is -3.39. The highest BCUT2D eigenvalue weighted by molar-refractivity contribution is 8.11. The number of carbonyl (C=O) groups excluding carboxylic acids is 1. The quantitative estimate of drug-likeness (QED) is 0.877. The van der Waals surface area contributed by atoms with Crippen LogP contribution in [0.4, 0.5) is 5.69 Å². The van der Waals surface area contributed by atoms with E-state index in [1.807, 2.05) is 0 Å². The van der Waals surface area contributed by atoms with Crippen molar-refractivity contribution in [3.8, 4) is 0 Å². The summed E-state index contributed by atoms with van der Waals surface area (Å²) in [5.41, 5.74) is 0.606. The summed E-state index contributed by atoms with van der Waals surface area (Å²) in [4.78, 5) is 13.2. The molecule has 0 bridgehead atoms. The minimum absolute atomic E-state index is 0.600. The molecule has 0 aliphatic heterocycles. The Kier molecular flexibility index (Phi) is 3.95. The van der Waals surface area contributed by atoms with E-state index < -0.39 is 26.5 Å². The van der Waals surface area contributed by atoms with Gasteiger partial charge < -0.3 is 14.0 Å². The first-order valence-electron chi connectivity index (χ1n) is 5.57. The fourth-order valence-electron chi connectivity index (χ4n) is 1.29. The summed E-state index contributed by atoms with van der Waals surface area (Å²) in [6, 6.07) is 8.74. The van der Waals surface area contributed by atoms with Crippen molar-refractivity contribution in [3.63, 3.8) is 0 Å². The molecule has 0 atom stereocenters. The lowest BCUT2D eigenvalue weighted by atomic mass is 10.3. The average molecular weight is 273 g/mol. The lowest BCUT2D eigenvalue weighted by molar-refractivity contribution is -0.116. The maximum atomic E-state index is 11.9. The average Bonchev–Trinajstić information content (AvgIpc) is 2.27. The summed E-state index contributed by atoms with van der Waals surface area (Å²) in [6.07, 6.45) is 0. The molecule has 6 heteroatoms. The molecule has 0 saturated heterocycles. The van der Waals surface area contributed by atoms with Gasteiger partial charge in [-0.05, 0) is 26.0 Å². The number of benzene rings is 1. The molecule has 1 aromatic carbocycles. The second-order valence-corrected chi connectivity index (χ2v) is 7.95. The Labute approximate surface area is 107 Å². The lowest BCUT2D eigenvalue weighted by Crippen LogP contribution is -2.49. The van der Waals surface area contributed by atoms with Crippen LogP contribution in [0.1, 0.15) is 13.8 Å². The van der Waals surface area contributed by atoms with Crippen molar-refractivity contribution in [1.29, 1.82) is 0 Å². The zero-order valence-corrected chi connectivity index (χ0v) is 11.6. The van der Waals surface area contributed by atoms with Crippen molar-refractivity contribution in [2.24, 2.45) is 0 Å². The molecule has 0 heterocycles. The first-order valence-corrected chi connectivity index (χ1v) is 7.69. The van der Waals surface area contributed by atoms with Gasteiger partial charge in [-0.25, -0.2) is 4.21 Å². The molecule has 0 radical (unpaired) electrons. The van der Waals surface area contributed by atoms with E-state index in [4.69, 9.17) is 0 Å². The zero-order chi connectivity index (χ0) is 14.0. The maximum absolute atomic E-state index is 11.9. The van der Waals surface area contributed by atoms with Crippen LogP contribution < -0.4 is 4.90 Å². The predicted molar refractivity (Wildman–Crippen MR) is 73.3 cm³/mol. The molecule has 2 N–H and O–H groups in total. The topological polar surface area (TPSA) is 77.8 Å². The van der Waals surface area contributed by atoms with Gasteiger partial charge in [-0.15, -0.1) is 0 Å². The Morgan fingerprint density at radius 2 is 1.78 bits per heavy atom. The van der Waals surface area contributed by atoms with E-state index in [0.717, 1.165) is 0 Å². The fraction of sp³-hybridized carbons (Fsp3) is 0.417. The largest absolute Gasteiger partial charge is 0.315 e. The van der Waals surface area contributed by atoms with Gasteiger partial charge in [0.05, 0.1) is 14.9 Å². The van der Waals surface area contributed by atoms with E-state index in [-0.39, 0.29) is 0 Å². The second kappa shape index (κ2) is 4.79. The second-order valence-electron chi connectivity index (χ2n) is 4.56. The van der Waals surface area contributed by atoms with Gasteiger partial charge in [-0.3, -0.25) is 4.79 Å². The smallest absolute Gasteiger partial charge is 0.242 e. The van der Waals surface area contributed by atoms with Crippen molar-refractivity contribution < 1.29 is 18.1 Å². The Morgan fingerprint density at radius 1 is 1.28 bits per heavy atom. The molecule has 0 spiro atoms. The van der Waals surface area contributed by atoms with Gasteiger partial charge in [0, 0.05) is 12.7 Å². The number of amides is 1. The Balaban J connectivity index is 2.88. The van der Waals surface area contributed by atoms with E-state index in [9.17, 15) is 18.1 Å². The van der Waals surface area contributed by atoms with Crippen LogP contribution >= 0.6 is 0 Å². The maximum Gasteiger partial charge on any atom is 0.242 e. The molecular formula is C12H19NO4S. The molecular weight excluding hydrogens is 254 g/mol. The van der Waals surface area contributed by atoms with Crippen LogP contribution in [0.15, 0.2) is 30.3 Å². The van der Waals surface area contributed by atoms with E-state index >= 15 is 0 Å². The fourth-order valence-corrected chi connectivity index (χ4v) is 2.28. The molecule has 1 rings (SSSR count). The van der Waals surface area contributed by atoms with Crippen molar-refractivity contribution in [2.75, 3.05) is 17.7 Å². The molecule has 0 fully saturated rings. The van der Waals surface area contributed by atoms with Crippen LogP contribution in [-0.2, 0) is 14.4 Å². The molecule has 1 amide bonds. The highest BCUT2D eigenvalue weighted by atomic mass is 32.3. The molecule has 5 nitrogen and oxygen atoms in total. The van der Waals surface area contributed by atoms with Gasteiger partial charge in [-0.1, -0.05) is 18.2 Å². The zero-order valence-electron chi connectivity index (χ0n) is 10.7. The van der Waals surface area contributed by atoms with Crippen LogP contribution in [0.5, 0.6) is 0 Å². The van der Waals surface area contributed by atoms with Gasteiger partial charge in [0.25, 0.3) is 0 Å². The number of para-hydroxylation sites is 1. The summed E-state index contributed by atoms with van der Waals surface area (Å²) < 4.78 is 31.3. The van der Waals surface area contributed by atoms with E-state index in [2.05, 4.69) is 0 Å². The molecule has 0 saturated carbocycles. The third-order valence-electron chi connectivity index (χ3n) is 2.86. The Morgan fingerprint density at radius 3 is 2.22 bits per heavy atom. The Hall–Kier alpha value is -1.24. The highest BCUT2D eigenvalue weighted by Crippen LogP contribution is 2.24. The van der Waals surface area contributed by atoms with Gasteiger partial charge in [0.1, 0.15) is 5.75 Å². The first kappa shape index (κ1) is 14.8. The predicted octanol–water partition coefficient (Wildman–Crippen LogP) is 1.82. The van der Waals surface area contributed by atoms with Crippen molar-refractivity contribution >= 4 is 21.2 Å². The molecule has 18 heavy (non-hydrogen) atoms. The van der Waals surface area contributed by atoms with Crippen LogP contribution in [0.25, 0.3) is 0 Å². The van der Waals surface area contributed by atoms with Crippen molar-refractivity contribution in [2.45, 2.75) is 19.1 Å². The minimum atomic E-state index is -4.89. The van der Waals surface area contributed by atoms with E-state index in [1.165, 1.54) is 25.8 Å². The lowest BCUT2D eigenvalue weighted by Gasteiger charge is -2.35. The van der Waals surface area contributed by atoms with Crippen LogP contribution in [0, 0.1) is 0 Å². The van der Waals surface area contributed by atoms with Crippen LogP contribution in [0.3, 0.4) is 0 Å². The number of carbonyl (C=O) groups is 1. The van der Waals surface area contributed by atoms with Crippen molar-refractivity contribution in [1.82, 2.24) is 0 Å². The third kappa shape index (κ3) is 3.38. The van der Waals surface area contributed by atoms with Gasteiger partial charge in [-0.2, -0.15) is 0 Å². The monoisotopic (exact) mass is 273 g/mol. The number of hydrogen-bond donors (Lipinski definition) is 2. The number of nitrogens with zero attached hydrogens (tertiary/aromatic N) is 1. The molecule has 0 unspecified atom stereocenters. The molecule has 102 valence electrons. The third-order valence-corrected chi connectivity index (χ3v) is 5.54. The summed E-state index contributed by atoms with van der Waals surface area (Å²) >= 11 is 0.